The highest BCUT2D eigenvalue weighted by Crippen LogP contribution is 2.30. The minimum atomic E-state index is -4.22. The lowest BCUT2D eigenvalue weighted by molar-refractivity contribution is 0.0600. The monoisotopic (exact) mass is 513 g/mol. The number of anilines is 1. The van der Waals surface area contributed by atoms with E-state index in [0.717, 1.165) is 21.0 Å². The van der Waals surface area contributed by atoms with Gasteiger partial charge < -0.3 is 14.6 Å². The van der Waals surface area contributed by atoms with E-state index in [0.29, 0.717) is 24.2 Å². The van der Waals surface area contributed by atoms with Gasteiger partial charge in [-0.2, -0.15) is 0 Å². The molecule has 0 bridgehead atoms. The minimum absolute atomic E-state index is 0.0685. The van der Waals surface area contributed by atoms with E-state index in [2.05, 4.69) is 9.97 Å². The van der Waals surface area contributed by atoms with Crippen LogP contribution in [-0.4, -0.2) is 56.5 Å². The number of methoxy groups -OCH3 is 2. The summed E-state index contributed by atoms with van der Waals surface area (Å²) >= 11 is 0. The van der Waals surface area contributed by atoms with E-state index in [1.165, 1.54) is 38.5 Å². The number of aromatic nitrogens is 2. The predicted molar refractivity (Wildman–Crippen MR) is 136 cm³/mol. The first kappa shape index (κ1) is 27.3. The molecular weight excluding hydrogens is 482 g/mol. The van der Waals surface area contributed by atoms with Gasteiger partial charge in [-0.3, -0.25) is 0 Å². The first-order valence-corrected chi connectivity index (χ1v) is 12.8. The van der Waals surface area contributed by atoms with Crippen LogP contribution in [-0.2, 0) is 25.9 Å². The van der Waals surface area contributed by atoms with Gasteiger partial charge in [0.25, 0.3) is 10.0 Å². The molecule has 192 valence electrons. The fourth-order valence-corrected chi connectivity index (χ4v) is 5.13. The number of hydrogen-bond donors (Lipinski definition) is 1. The van der Waals surface area contributed by atoms with Gasteiger partial charge in [-0.05, 0) is 69.0 Å². The minimum Gasteiger partial charge on any atom is -0.465 e. The van der Waals surface area contributed by atoms with Crippen LogP contribution in [0.2, 0.25) is 0 Å². The van der Waals surface area contributed by atoms with Crippen molar-refractivity contribution in [2.75, 3.05) is 25.3 Å². The summed E-state index contributed by atoms with van der Waals surface area (Å²) in [5.74, 6) is -0.722. The SMILES string of the molecule is COCN(c1nc(CCC(C)O)cc(-c2c(C)cccc2C)n1)S(=O)(=O)c1cccc(C(=O)OC)c1. The van der Waals surface area contributed by atoms with Gasteiger partial charge in [0.05, 0.1) is 29.4 Å². The molecule has 0 aliphatic rings. The second-order valence-electron chi connectivity index (χ2n) is 8.49. The summed E-state index contributed by atoms with van der Waals surface area (Å²) in [7, 11) is -1.62. The van der Waals surface area contributed by atoms with E-state index in [1.807, 2.05) is 38.1 Å². The lowest BCUT2D eigenvalue weighted by Crippen LogP contribution is -2.34. The third-order valence-corrected chi connectivity index (χ3v) is 7.33. The first-order chi connectivity index (χ1) is 17.1. The maximum Gasteiger partial charge on any atom is 0.337 e. The van der Waals surface area contributed by atoms with E-state index in [4.69, 9.17) is 9.47 Å². The van der Waals surface area contributed by atoms with Crippen LogP contribution in [0.5, 0.6) is 0 Å². The zero-order valence-corrected chi connectivity index (χ0v) is 21.9. The number of benzene rings is 2. The first-order valence-electron chi connectivity index (χ1n) is 11.4. The van der Waals surface area contributed by atoms with Crippen LogP contribution in [0.25, 0.3) is 11.3 Å². The van der Waals surface area contributed by atoms with Crippen molar-refractivity contribution in [1.82, 2.24) is 9.97 Å². The van der Waals surface area contributed by atoms with Gasteiger partial charge in [-0.15, -0.1) is 0 Å². The van der Waals surface area contributed by atoms with Crippen LogP contribution >= 0.6 is 0 Å². The number of carbonyl (C=O) groups is 1. The number of rotatable bonds is 10. The van der Waals surface area contributed by atoms with E-state index in [-0.39, 0.29) is 23.1 Å². The molecule has 0 fully saturated rings. The Morgan fingerprint density at radius 1 is 1.06 bits per heavy atom. The zero-order chi connectivity index (χ0) is 26.5. The number of aliphatic hydroxyl groups excluding tert-OH is 1. The normalized spacial score (nSPS) is 12.3. The Labute approximate surface area is 211 Å². The molecule has 1 unspecified atom stereocenters. The van der Waals surface area contributed by atoms with Gasteiger partial charge in [-0.25, -0.2) is 27.5 Å². The molecule has 0 amide bonds. The second-order valence-corrected chi connectivity index (χ2v) is 10.4. The van der Waals surface area contributed by atoms with Crippen LogP contribution < -0.4 is 4.31 Å². The summed E-state index contributed by atoms with van der Waals surface area (Å²) in [6, 6.07) is 13.2. The molecule has 0 aliphatic heterocycles. The highest BCUT2D eigenvalue weighted by molar-refractivity contribution is 7.92. The zero-order valence-electron chi connectivity index (χ0n) is 21.1. The Hall–Kier alpha value is -3.34. The molecule has 0 radical (unpaired) electrons. The molecule has 36 heavy (non-hydrogen) atoms. The number of ether oxygens (including phenoxy) is 2. The van der Waals surface area contributed by atoms with Gasteiger partial charge in [0.15, 0.2) is 0 Å². The Morgan fingerprint density at radius 3 is 2.33 bits per heavy atom. The molecule has 0 saturated carbocycles. The van der Waals surface area contributed by atoms with E-state index in [1.54, 1.807) is 6.92 Å². The topological polar surface area (TPSA) is 119 Å². The van der Waals surface area contributed by atoms with E-state index < -0.39 is 22.1 Å². The molecule has 1 N–H and O–H groups in total. The highest BCUT2D eigenvalue weighted by Gasteiger charge is 2.29. The molecule has 3 rings (SSSR count). The molecule has 1 heterocycles. The number of nitrogens with zero attached hydrogens (tertiary/aromatic N) is 3. The quantitative estimate of drug-likeness (QED) is 0.322. The smallest absolute Gasteiger partial charge is 0.337 e. The summed E-state index contributed by atoms with van der Waals surface area (Å²) in [6.45, 7) is 5.25. The van der Waals surface area contributed by atoms with Crippen molar-refractivity contribution in [3.8, 4) is 11.3 Å². The molecule has 0 spiro atoms. The standard InChI is InChI=1S/C26H31N3O6S/c1-17-8-6-9-18(2)24(17)23-15-21(13-12-19(3)30)27-26(28-23)29(16-34-4)36(32,33)22-11-7-10-20(14-22)25(31)35-5/h6-11,14-15,19,30H,12-13,16H2,1-5H3. The predicted octanol–water partition coefficient (Wildman–Crippen LogP) is 3.66. The molecule has 3 aromatic rings. The largest absolute Gasteiger partial charge is 0.465 e. The molecule has 1 atom stereocenters. The van der Waals surface area contributed by atoms with Crippen molar-refractivity contribution >= 4 is 21.9 Å². The highest BCUT2D eigenvalue weighted by atomic mass is 32.2. The van der Waals surface area contributed by atoms with E-state index in [9.17, 15) is 18.3 Å². The average molecular weight is 514 g/mol. The summed E-state index contributed by atoms with van der Waals surface area (Å²) in [5.41, 5.74) is 4.08. The maximum absolute atomic E-state index is 13.7. The molecule has 1 aromatic heterocycles. The number of sulfonamides is 1. The lowest BCUT2D eigenvalue weighted by atomic mass is 9.99. The number of esters is 1. The summed E-state index contributed by atoms with van der Waals surface area (Å²) < 4.78 is 38.4. The van der Waals surface area contributed by atoms with Gasteiger partial charge in [0, 0.05) is 18.4 Å². The molecular formula is C26H31N3O6S. The fourth-order valence-electron chi connectivity index (χ4n) is 3.81. The van der Waals surface area contributed by atoms with Crippen molar-refractivity contribution in [1.29, 1.82) is 0 Å². The lowest BCUT2D eigenvalue weighted by Gasteiger charge is -2.23. The number of carbonyl (C=O) groups excluding carboxylic acids is 1. The van der Waals surface area contributed by atoms with Crippen molar-refractivity contribution in [3.63, 3.8) is 0 Å². The van der Waals surface area contributed by atoms with E-state index >= 15 is 0 Å². The van der Waals surface area contributed by atoms with Crippen molar-refractivity contribution in [2.45, 2.75) is 44.6 Å². The number of hydrogen-bond acceptors (Lipinski definition) is 8. The second kappa shape index (κ2) is 11.6. The number of aliphatic hydroxyl groups is 1. The Kier molecular flexibility index (Phi) is 8.78. The fraction of sp³-hybridized carbons (Fsp3) is 0.346. The molecule has 2 aromatic carbocycles. The van der Waals surface area contributed by atoms with Gasteiger partial charge >= 0.3 is 5.97 Å². The van der Waals surface area contributed by atoms with Gasteiger partial charge in [0.1, 0.15) is 6.73 Å². The van der Waals surface area contributed by atoms with Crippen molar-refractivity contribution in [3.05, 3.63) is 70.9 Å². The molecule has 0 saturated heterocycles. The maximum atomic E-state index is 13.7. The Morgan fingerprint density at radius 2 is 1.72 bits per heavy atom. The molecule has 10 heteroatoms. The Balaban J connectivity index is 2.19. The van der Waals surface area contributed by atoms with Crippen LogP contribution in [0.3, 0.4) is 0 Å². The third-order valence-electron chi connectivity index (χ3n) is 5.64. The third kappa shape index (κ3) is 6.07. The van der Waals surface area contributed by atoms with Crippen molar-refractivity contribution in [2.24, 2.45) is 0 Å². The number of aryl methyl sites for hydroxylation is 3. The molecule has 9 nitrogen and oxygen atoms in total. The molecule has 0 aliphatic carbocycles. The summed E-state index contributed by atoms with van der Waals surface area (Å²) in [4.78, 5) is 21.0. The Bertz CT molecular complexity index is 1320. The summed E-state index contributed by atoms with van der Waals surface area (Å²) in [5, 5.41) is 9.81. The van der Waals surface area contributed by atoms with Gasteiger partial charge in [-0.1, -0.05) is 24.3 Å². The van der Waals surface area contributed by atoms with Crippen LogP contribution in [0.1, 0.15) is 40.5 Å². The van der Waals surface area contributed by atoms with Crippen LogP contribution in [0.4, 0.5) is 5.95 Å². The average Bonchev–Trinajstić information content (AvgIpc) is 2.85. The van der Waals surface area contributed by atoms with Crippen molar-refractivity contribution < 1.29 is 27.8 Å². The summed E-state index contributed by atoms with van der Waals surface area (Å²) in [6.07, 6.45) is 0.317. The van der Waals surface area contributed by atoms with Crippen LogP contribution in [0, 0.1) is 13.8 Å². The van der Waals surface area contributed by atoms with Gasteiger partial charge in [0.2, 0.25) is 5.95 Å². The van der Waals surface area contributed by atoms with Crippen LogP contribution in [0.15, 0.2) is 53.4 Å².